The molecule has 1 unspecified atom stereocenters. The van der Waals surface area contributed by atoms with Crippen LogP contribution in [0, 0.1) is 0 Å². The van der Waals surface area contributed by atoms with Crippen molar-refractivity contribution < 1.29 is 0 Å². The standard InChI is InChI=1S/C9H13BrN2O/c1-2-3-8(11)7-4-6(10)5-12-9(7)13/h4-5,8H,2-3,11H2,1H3,(H,12,13). The van der Waals surface area contributed by atoms with Gasteiger partial charge in [-0.2, -0.15) is 0 Å². The Kier molecular flexibility index (Phi) is 3.69. The van der Waals surface area contributed by atoms with Gasteiger partial charge in [0.25, 0.3) is 5.56 Å². The SMILES string of the molecule is CCCC(N)c1cc(Br)c[nH]c1=O. The maximum atomic E-state index is 11.3. The minimum Gasteiger partial charge on any atom is -0.328 e. The highest BCUT2D eigenvalue weighted by atomic mass is 79.9. The molecule has 1 atom stereocenters. The molecule has 0 fully saturated rings. The van der Waals surface area contributed by atoms with Gasteiger partial charge >= 0.3 is 0 Å². The topological polar surface area (TPSA) is 58.9 Å². The molecule has 0 saturated heterocycles. The molecule has 0 aliphatic carbocycles. The first-order chi connectivity index (χ1) is 6.15. The maximum Gasteiger partial charge on any atom is 0.252 e. The summed E-state index contributed by atoms with van der Waals surface area (Å²) in [6, 6.07) is 1.62. The van der Waals surface area contributed by atoms with Gasteiger partial charge in [0.2, 0.25) is 0 Å². The Morgan fingerprint density at radius 3 is 3.00 bits per heavy atom. The van der Waals surface area contributed by atoms with Crippen molar-refractivity contribution in [1.82, 2.24) is 4.98 Å². The second kappa shape index (κ2) is 4.58. The zero-order valence-electron chi connectivity index (χ0n) is 7.51. The summed E-state index contributed by atoms with van der Waals surface area (Å²) in [4.78, 5) is 14.0. The summed E-state index contributed by atoms with van der Waals surface area (Å²) < 4.78 is 0.855. The van der Waals surface area contributed by atoms with Gasteiger partial charge in [0.05, 0.1) is 0 Å². The molecule has 3 nitrogen and oxygen atoms in total. The van der Waals surface area contributed by atoms with Crippen LogP contribution in [0.1, 0.15) is 31.4 Å². The van der Waals surface area contributed by atoms with Crippen molar-refractivity contribution >= 4 is 15.9 Å². The van der Waals surface area contributed by atoms with Crippen LogP contribution in [0.2, 0.25) is 0 Å². The largest absolute Gasteiger partial charge is 0.328 e. The molecule has 0 amide bonds. The molecule has 1 aromatic rings. The average Bonchev–Trinajstić information content (AvgIpc) is 2.09. The van der Waals surface area contributed by atoms with Crippen LogP contribution in [0.4, 0.5) is 0 Å². The maximum absolute atomic E-state index is 11.3. The zero-order chi connectivity index (χ0) is 9.84. The molecule has 0 bridgehead atoms. The second-order valence-corrected chi connectivity index (χ2v) is 3.91. The van der Waals surface area contributed by atoms with Gasteiger partial charge in [-0.25, -0.2) is 0 Å². The number of nitrogens with one attached hydrogen (secondary N) is 1. The van der Waals surface area contributed by atoms with Gasteiger partial charge in [0.15, 0.2) is 0 Å². The second-order valence-electron chi connectivity index (χ2n) is 3.00. The lowest BCUT2D eigenvalue weighted by Crippen LogP contribution is -2.21. The number of rotatable bonds is 3. The number of H-pyrrole nitrogens is 1. The molecule has 1 heterocycles. The van der Waals surface area contributed by atoms with Gasteiger partial charge in [-0.15, -0.1) is 0 Å². The van der Waals surface area contributed by atoms with Crippen LogP contribution in [-0.4, -0.2) is 4.98 Å². The number of nitrogens with two attached hydrogens (primary N) is 1. The number of aromatic amines is 1. The lowest BCUT2D eigenvalue weighted by molar-refractivity contribution is 0.631. The lowest BCUT2D eigenvalue weighted by atomic mass is 10.1. The van der Waals surface area contributed by atoms with E-state index in [1.165, 1.54) is 0 Å². The Bertz CT molecular complexity index is 335. The first kappa shape index (κ1) is 10.5. The van der Waals surface area contributed by atoms with E-state index >= 15 is 0 Å². The summed E-state index contributed by atoms with van der Waals surface area (Å²) in [7, 11) is 0. The van der Waals surface area contributed by atoms with E-state index in [1.54, 1.807) is 12.3 Å². The quantitative estimate of drug-likeness (QED) is 0.854. The molecule has 0 radical (unpaired) electrons. The third-order valence-electron chi connectivity index (χ3n) is 1.90. The van der Waals surface area contributed by atoms with Crippen molar-refractivity contribution in [3.8, 4) is 0 Å². The molecule has 13 heavy (non-hydrogen) atoms. The molecular weight excluding hydrogens is 232 g/mol. The van der Waals surface area contributed by atoms with Crippen LogP contribution in [0.15, 0.2) is 21.5 Å². The van der Waals surface area contributed by atoms with E-state index in [0.717, 1.165) is 17.3 Å². The minimum absolute atomic E-state index is 0.0934. The molecule has 0 aliphatic heterocycles. The zero-order valence-corrected chi connectivity index (χ0v) is 9.10. The Morgan fingerprint density at radius 2 is 2.38 bits per heavy atom. The monoisotopic (exact) mass is 244 g/mol. The molecule has 0 spiro atoms. The van der Waals surface area contributed by atoms with Crippen molar-refractivity contribution in [3.05, 3.63) is 32.7 Å². The third kappa shape index (κ3) is 2.67. The lowest BCUT2D eigenvalue weighted by Gasteiger charge is -2.09. The molecule has 72 valence electrons. The molecule has 0 aromatic carbocycles. The molecule has 0 aliphatic rings. The highest BCUT2D eigenvalue weighted by molar-refractivity contribution is 9.10. The Hall–Kier alpha value is -0.610. The van der Waals surface area contributed by atoms with Crippen molar-refractivity contribution in [2.24, 2.45) is 5.73 Å². The number of hydrogen-bond acceptors (Lipinski definition) is 2. The highest BCUT2D eigenvalue weighted by Crippen LogP contribution is 2.15. The van der Waals surface area contributed by atoms with Crippen LogP contribution < -0.4 is 11.3 Å². The summed E-state index contributed by atoms with van der Waals surface area (Å²) >= 11 is 3.29. The van der Waals surface area contributed by atoms with Crippen molar-refractivity contribution in [2.45, 2.75) is 25.8 Å². The number of hydrogen-bond donors (Lipinski definition) is 2. The number of aromatic nitrogens is 1. The van der Waals surface area contributed by atoms with E-state index < -0.39 is 0 Å². The van der Waals surface area contributed by atoms with Gasteiger partial charge in [-0.1, -0.05) is 13.3 Å². The smallest absolute Gasteiger partial charge is 0.252 e. The van der Waals surface area contributed by atoms with Crippen molar-refractivity contribution in [2.75, 3.05) is 0 Å². The van der Waals surface area contributed by atoms with E-state index in [-0.39, 0.29) is 11.6 Å². The fourth-order valence-electron chi connectivity index (χ4n) is 1.22. The predicted octanol–water partition coefficient (Wildman–Crippen LogP) is 1.94. The summed E-state index contributed by atoms with van der Waals surface area (Å²) in [6.45, 7) is 2.05. The van der Waals surface area contributed by atoms with E-state index in [9.17, 15) is 4.79 Å². The molecule has 1 rings (SSSR count). The van der Waals surface area contributed by atoms with Gasteiger partial charge in [-0.3, -0.25) is 4.79 Å². The average molecular weight is 245 g/mol. The van der Waals surface area contributed by atoms with Crippen LogP contribution in [0.3, 0.4) is 0 Å². The molecule has 0 saturated carbocycles. The summed E-state index contributed by atoms with van der Waals surface area (Å²) in [5.41, 5.74) is 6.39. The summed E-state index contributed by atoms with van der Waals surface area (Å²) in [5, 5.41) is 0. The van der Waals surface area contributed by atoms with Gasteiger partial charge in [0.1, 0.15) is 0 Å². The normalized spacial score (nSPS) is 12.8. The van der Waals surface area contributed by atoms with Gasteiger partial charge < -0.3 is 10.7 Å². The Balaban J connectivity index is 2.99. The van der Waals surface area contributed by atoms with Crippen molar-refractivity contribution in [1.29, 1.82) is 0 Å². The van der Waals surface area contributed by atoms with Crippen LogP contribution in [-0.2, 0) is 0 Å². The molecular formula is C9H13BrN2O. The van der Waals surface area contributed by atoms with E-state index in [0.29, 0.717) is 5.56 Å². The predicted molar refractivity (Wildman–Crippen MR) is 56.6 cm³/mol. The molecule has 1 aromatic heterocycles. The number of pyridine rings is 1. The van der Waals surface area contributed by atoms with E-state index in [2.05, 4.69) is 20.9 Å². The third-order valence-corrected chi connectivity index (χ3v) is 2.35. The van der Waals surface area contributed by atoms with Gasteiger partial charge in [0, 0.05) is 22.3 Å². The van der Waals surface area contributed by atoms with Crippen molar-refractivity contribution in [3.63, 3.8) is 0 Å². The first-order valence-electron chi connectivity index (χ1n) is 4.29. The highest BCUT2D eigenvalue weighted by Gasteiger charge is 2.09. The van der Waals surface area contributed by atoms with Crippen LogP contribution in [0.25, 0.3) is 0 Å². The fourth-order valence-corrected chi connectivity index (χ4v) is 1.58. The summed E-state index contributed by atoms with van der Waals surface area (Å²) in [5.74, 6) is 0. The Morgan fingerprint density at radius 1 is 1.69 bits per heavy atom. The minimum atomic E-state index is -0.161. The number of halogens is 1. The molecule has 3 N–H and O–H groups in total. The van der Waals surface area contributed by atoms with E-state index in [4.69, 9.17) is 5.73 Å². The first-order valence-corrected chi connectivity index (χ1v) is 5.08. The van der Waals surface area contributed by atoms with E-state index in [1.807, 2.05) is 6.92 Å². The van der Waals surface area contributed by atoms with Gasteiger partial charge in [-0.05, 0) is 28.4 Å². The van der Waals surface area contributed by atoms with Crippen LogP contribution in [0.5, 0.6) is 0 Å². The Labute approximate surface area is 85.5 Å². The fraction of sp³-hybridized carbons (Fsp3) is 0.444. The van der Waals surface area contributed by atoms with Crippen LogP contribution >= 0.6 is 15.9 Å². The molecule has 4 heteroatoms. The summed E-state index contributed by atoms with van der Waals surface area (Å²) in [6.07, 6.45) is 3.43.